The fourth-order valence-corrected chi connectivity index (χ4v) is 4.14. The molecule has 4 heterocycles. The number of nitrogens with one attached hydrogen (secondary N) is 1. The molecule has 0 bridgehead atoms. The molecule has 0 amide bonds. The first kappa shape index (κ1) is 22.0. The third-order valence-electron chi connectivity index (χ3n) is 5.70. The van der Waals surface area contributed by atoms with Crippen LogP contribution in [0.3, 0.4) is 0 Å². The third-order valence-corrected chi connectivity index (χ3v) is 5.70. The van der Waals surface area contributed by atoms with Gasteiger partial charge in [0.25, 0.3) is 5.56 Å². The lowest BCUT2D eigenvalue weighted by atomic mass is 10.1. The zero-order valence-electron chi connectivity index (χ0n) is 17.0. The Balaban J connectivity index is 0.00000245. The number of hydrogen-bond acceptors (Lipinski definition) is 4. The number of rotatable bonds is 2. The number of halogens is 4. The summed E-state index contributed by atoms with van der Waals surface area (Å²) in [5.41, 5.74) is 4.87. The van der Waals surface area contributed by atoms with Crippen LogP contribution in [0.1, 0.15) is 17.1 Å². The van der Waals surface area contributed by atoms with E-state index in [0.29, 0.717) is 11.1 Å². The van der Waals surface area contributed by atoms with Gasteiger partial charge < -0.3 is 9.88 Å². The van der Waals surface area contributed by atoms with E-state index in [4.69, 9.17) is 0 Å². The van der Waals surface area contributed by atoms with E-state index in [2.05, 4.69) is 19.9 Å². The highest BCUT2D eigenvalue weighted by atomic mass is 35.5. The molecule has 1 aromatic carbocycles. The van der Waals surface area contributed by atoms with E-state index >= 15 is 0 Å². The van der Waals surface area contributed by atoms with E-state index in [-0.39, 0.29) is 18.0 Å². The molecule has 1 N–H and O–H groups in total. The first-order valence-corrected chi connectivity index (χ1v) is 9.76. The van der Waals surface area contributed by atoms with E-state index in [9.17, 15) is 18.0 Å². The summed E-state index contributed by atoms with van der Waals surface area (Å²) in [5, 5.41) is 4.56. The molecule has 3 aromatic heterocycles. The van der Waals surface area contributed by atoms with Gasteiger partial charge in [-0.25, -0.2) is 9.97 Å². The molecule has 0 fully saturated rings. The monoisotopic (exact) mass is 461 g/mol. The van der Waals surface area contributed by atoms with Crippen molar-refractivity contribution in [3.63, 3.8) is 0 Å². The molecule has 0 aliphatic carbocycles. The molecule has 0 atom stereocenters. The van der Waals surface area contributed by atoms with Gasteiger partial charge in [-0.05, 0) is 29.3 Å². The first-order chi connectivity index (χ1) is 14.8. The van der Waals surface area contributed by atoms with Gasteiger partial charge in [0, 0.05) is 67.9 Å². The van der Waals surface area contributed by atoms with Gasteiger partial charge >= 0.3 is 6.18 Å². The van der Waals surface area contributed by atoms with Crippen molar-refractivity contribution in [3.8, 4) is 16.8 Å². The number of benzene rings is 1. The van der Waals surface area contributed by atoms with Gasteiger partial charge in [0.15, 0.2) is 0 Å². The fourth-order valence-electron chi connectivity index (χ4n) is 4.14. The number of hydrogen-bond donors (Lipinski definition) is 1. The second-order valence-electron chi connectivity index (χ2n) is 7.53. The highest BCUT2D eigenvalue weighted by molar-refractivity contribution is 5.87. The van der Waals surface area contributed by atoms with Crippen LogP contribution in [0, 0.1) is 0 Å². The van der Waals surface area contributed by atoms with Gasteiger partial charge in [0.05, 0.1) is 11.2 Å². The molecule has 1 aliphatic rings. The van der Waals surface area contributed by atoms with E-state index in [1.807, 2.05) is 25.2 Å². The molecule has 0 saturated carbocycles. The molecule has 0 saturated heterocycles. The van der Waals surface area contributed by atoms with Crippen molar-refractivity contribution in [2.45, 2.75) is 19.1 Å². The molecule has 0 radical (unpaired) electrons. The Kier molecular flexibility index (Phi) is 5.56. The second-order valence-corrected chi connectivity index (χ2v) is 7.53. The molecule has 0 unspecified atom stereocenters. The third kappa shape index (κ3) is 3.67. The number of alkyl halides is 3. The summed E-state index contributed by atoms with van der Waals surface area (Å²) in [5.74, 6) is -1.21. The quantitative estimate of drug-likeness (QED) is 0.492. The van der Waals surface area contributed by atoms with Crippen molar-refractivity contribution in [2.75, 3.05) is 6.54 Å². The van der Waals surface area contributed by atoms with Crippen LogP contribution < -0.4 is 10.9 Å². The summed E-state index contributed by atoms with van der Waals surface area (Å²) in [6.07, 6.45) is 0.112. The summed E-state index contributed by atoms with van der Waals surface area (Å²) in [6, 6.07) is 8.95. The lowest BCUT2D eigenvalue weighted by molar-refractivity contribution is -0.144. The predicted molar refractivity (Wildman–Crippen MR) is 117 cm³/mol. The molecule has 1 aliphatic heterocycles. The maximum absolute atomic E-state index is 12.8. The van der Waals surface area contributed by atoms with Gasteiger partial charge in [-0.2, -0.15) is 13.2 Å². The Morgan fingerprint density at radius 2 is 1.81 bits per heavy atom. The molecular formula is C22H19ClF3N5O. The maximum atomic E-state index is 12.8. The molecular weight excluding hydrogens is 443 g/mol. The van der Waals surface area contributed by atoms with Crippen molar-refractivity contribution in [1.29, 1.82) is 0 Å². The zero-order valence-corrected chi connectivity index (χ0v) is 17.8. The zero-order chi connectivity index (χ0) is 21.8. The standard InChI is InChI=1S/C22H18F3N5O.ClH/c1-29-18-4-6-26-12-17(18)16-3-2-15(9-19(16)29)30-7-5-13(8-20(30)31)14-10-27-21(28-11-14)22(23,24)25;/h2-3,5,7-11,26H,4,6,12H2,1H3;1H. The Morgan fingerprint density at radius 3 is 2.50 bits per heavy atom. The minimum absolute atomic E-state index is 0. The summed E-state index contributed by atoms with van der Waals surface area (Å²) in [7, 11) is 2.03. The van der Waals surface area contributed by atoms with Crippen LogP contribution in [0.4, 0.5) is 13.2 Å². The van der Waals surface area contributed by atoms with Gasteiger partial charge in [0.1, 0.15) is 0 Å². The smallest absolute Gasteiger partial charge is 0.347 e. The van der Waals surface area contributed by atoms with Gasteiger partial charge in [0.2, 0.25) is 5.82 Å². The SMILES string of the molecule is Cl.Cn1c2c(c3ccc(-n4ccc(-c5cnc(C(F)(F)F)nc5)cc4=O)cc31)CNCC2. The van der Waals surface area contributed by atoms with Crippen LogP contribution in [0.2, 0.25) is 0 Å². The number of nitrogens with zero attached hydrogens (tertiary/aromatic N) is 4. The minimum atomic E-state index is -4.60. The van der Waals surface area contributed by atoms with Crippen LogP contribution in [-0.2, 0) is 26.2 Å². The highest BCUT2D eigenvalue weighted by Crippen LogP contribution is 2.30. The lowest BCUT2D eigenvalue weighted by Gasteiger charge is -2.14. The summed E-state index contributed by atoms with van der Waals surface area (Å²) in [4.78, 5) is 19.5. The van der Waals surface area contributed by atoms with Crippen LogP contribution in [-0.4, -0.2) is 25.6 Å². The second kappa shape index (κ2) is 8.07. The number of fused-ring (bicyclic) bond motifs is 3. The van der Waals surface area contributed by atoms with Crippen LogP contribution >= 0.6 is 12.4 Å². The van der Waals surface area contributed by atoms with Crippen LogP contribution in [0.5, 0.6) is 0 Å². The van der Waals surface area contributed by atoms with Crippen molar-refractivity contribution >= 4 is 23.3 Å². The van der Waals surface area contributed by atoms with Crippen LogP contribution in [0.25, 0.3) is 27.7 Å². The van der Waals surface area contributed by atoms with E-state index < -0.39 is 12.0 Å². The average molecular weight is 462 g/mol. The highest BCUT2D eigenvalue weighted by Gasteiger charge is 2.34. The Hall–Kier alpha value is -3.17. The largest absolute Gasteiger partial charge is 0.451 e. The Morgan fingerprint density at radius 1 is 1.06 bits per heavy atom. The minimum Gasteiger partial charge on any atom is -0.347 e. The number of pyridine rings is 1. The van der Waals surface area contributed by atoms with E-state index in [1.54, 1.807) is 12.3 Å². The molecule has 32 heavy (non-hydrogen) atoms. The normalized spacial score (nSPS) is 13.6. The predicted octanol–water partition coefficient (Wildman–Crippen LogP) is 3.87. The molecule has 0 spiro atoms. The number of aromatic nitrogens is 4. The van der Waals surface area contributed by atoms with Gasteiger partial charge in [-0.1, -0.05) is 6.07 Å². The van der Waals surface area contributed by atoms with E-state index in [0.717, 1.165) is 43.1 Å². The van der Waals surface area contributed by atoms with Gasteiger partial charge in [-0.15, -0.1) is 12.4 Å². The van der Waals surface area contributed by atoms with Crippen molar-refractivity contribution in [2.24, 2.45) is 7.05 Å². The lowest BCUT2D eigenvalue weighted by Crippen LogP contribution is -2.24. The molecule has 166 valence electrons. The van der Waals surface area contributed by atoms with Crippen molar-refractivity contribution < 1.29 is 13.2 Å². The number of aryl methyl sites for hydroxylation is 1. The summed E-state index contributed by atoms with van der Waals surface area (Å²) < 4.78 is 41.7. The molecule has 4 aromatic rings. The summed E-state index contributed by atoms with van der Waals surface area (Å²) >= 11 is 0. The van der Waals surface area contributed by atoms with Crippen LogP contribution in [0.15, 0.2) is 53.7 Å². The topological polar surface area (TPSA) is 64.7 Å². The Labute approximate surface area is 187 Å². The average Bonchev–Trinajstić information content (AvgIpc) is 3.05. The fraction of sp³-hybridized carbons (Fsp3) is 0.227. The first-order valence-electron chi connectivity index (χ1n) is 9.76. The maximum Gasteiger partial charge on any atom is 0.451 e. The molecule has 5 rings (SSSR count). The molecule has 10 heteroatoms. The summed E-state index contributed by atoms with van der Waals surface area (Å²) in [6.45, 7) is 1.77. The van der Waals surface area contributed by atoms with Gasteiger partial charge in [-0.3, -0.25) is 9.36 Å². The molecule has 6 nitrogen and oxygen atoms in total. The van der Waals surface area contributed by atoms with E-state index in [1.165, 1.54) is 27.3 Å². The Bertz CT molecular complexity index is 1360. The van der Waals surface area contributed by atoms with Crippen molar-refractivity contribution in [3.05, 3.63) is 76.4 Å². The van der Waals surface area contributed by atoms with Crippen molar-refractivity contribution in [1.82, 2.24) is 24.4 Å².